The molecular weight excluding hydrogens is 306 g/mol. The van der Waals surface area contributed by atoms with Gasteiger partial charge in [0.1, 0.15) is 4.32 Å². The van der Waals surface area contributed by atoms with E-state index in [1.165, 1.54) is 11.8 Å². The van der Waals surface area contributed by atoms with Gasteiger partial charge in [-0.25, -0.2) is 0 Å². The summed E-state index contributed by atoms with van der Waals surface area (Å²) in [4.78, 5) is 14.4. The first kappa shape index (κ1) is 15.9. The molecule has 0 unspecified atom stereocenters. The van der Waals surface area contributed by atoms with Gasteiger partial charge in [-0.05, 0) is 37.6 Å². The molecule has 1 amide bonds. The van der Waals surface area contributed by atoms with Crippen LogP contribution in [-0.4, -0.2) is 35.4 Å². The second kappa shape index (κ2) is 6.95. The summed E-state index contributed by atoms with van der Waals surface area (Å²) in [5.74, 6) is 1.30. The lowest BCUT2D eigenvalue weighted by Gasteiger charge is -2.10. The van der Waals surface area contributed by atoms with Crippen molar-refractivity contribution in [3.8, 4) is 11.5 Å². The predicted octanol–water partition coefficient (Wildman–Crippen LogP) is 3.32. The third-order valence-corrected chi connectivity index (χ3v) is 4.35. The molecular formula is C15H17NO3S2. The minimum absolute atomic E-state index is 0.0413. The van der Waals surface area contributed by atoms with Gasteiger partial charge in [0.2, 0.25) is 0 Å². The number of thioether (sulfide) groups is 1. The molecule has 4 nitrogen and oxygen atoms in total. The molecule has 0 N–H and O–H groups in total. The molecule has 21 heavy (non-hydrogen) atoms. The zero-order chi connectivity index (χ0) is 15.4. The van der Waals surface area contributed by atoms with Crippen molar-refractivity contribution < 1.29 is 14.3 Å². The number of thiocarbonyl (C=S) groups is 1. The van der Waals surface area contributed by atoms with Crippen LogP contribution in [0, 0.1) is 0 Å². The number of carbonyl (C=O) groups excluding carboxylic acids is 1. The molecule has 0 saturated carbocycles. The van der Waals surface area contributed by atoms with Crippen molar-refractivity contribution in [3.05, 3.63) is 28.7 Å². The molecule has 0 aromatic heterocycles. The number of hydrogen-bond donors (Lipinski definition) is 0. The topological polar surface area (TPSA) is 38.8 Å². The third-order valence-electron chi connectivity index (χ3n) is 2.98. The number of rotatable bonds is 5. The molecule has 1 aliphatic heterocycles. The number of amides is 1. The molecule has 1 saturated heterocycles. The Bertz CT molecular complexity index is 599. The second-order valence-corrected chi connectivity index (χ2v) is 5.95. The second-order valence-electron chi connectivity index (χ2n) is 4.27. The normalized spacial score (nSPS) is 16.7. The summed E-state index contributed by atoms with van der Waals surface area (Å²) < 4.78 is 11.4. The Kier molecular flexibility index (Phi) is 5.25. The van der Waals surface area contributed by atoms with E-state index in [4.69, 9.17) is 21.7 Å². The monoisotopic (exact) mass is 323 g/mol. The van der Waals surface area contributed by atoms with Crippen molar-refractivity contribution in [1.29, 1.82) is 0 Å². The minimum Gasteiger partial charge on any atom is -0.493 e. The fourth-order valence-electron chi connectivity index (χ4n) is 1.97. The van der Waals surface area contributed by atoms with Crippen LogP contribution in [0.15, 0.2) is 23.1 Å². The van der Waals surface area contributed by atoms with Crippen molar-refractivity contribution in [3.63, 3.8) is 0 Å². The van der Waals surface area contributed by atoms with Gasteiger partial charge in [-0.1, -0.05) is 30.0 Å². The molecule has 6 heteroatoms. The summed E-state index contributed by atoms with van der Waals surface area (Å²) in [5, 5.41) is 0. The van der Waals surface area contributed by atoms with Gasteiger partial charge >= 0.3 is 0 Å². The van der Waals surface area contributed by atoms with Gasteiger partial charge in [0, 0.05) is 6.54 Å². The highest BCUT2D eigenvalue weighted by molar-refractivity contribution is 8.26. The van der Waals surface area contributed by atoms with Gasteiger partial charge in [0.05, 0.1) is 18.6 Å². The van der Waals surface area contributed by atoms with Crippen LogP contribution in [0.1, 0.15) is 19.4 Å². The fraction of sp³-hybridized carbons (Fsp3) is 0.333. The quantitative estimate of drug-likeness (QED) is 0.614. The molecule has 1 aromatic carbocycles. The fourth-order valence-corrected chi connectivity index (χ4v) is 3.36. The van der Waals surface area contributed by atoms with E-state index >= 15 is 0 Å². The van der Waals surface area contributed by atoms with Crippen LogP contribution in [0.4, 0.5) is 0 Å². The van der Waals surface area contributed by atoms with Gasteiger partial charge in [-0.3, -0.25) is 9.69 Å². The van der Waals surface area contributed by atoms with Gasteiger partial charge in [-0.2, -0.15) is 0 Å². The molecule has 0 atom stereocenters. The van der Waals surface area contributed by atoms with E-state index in [9.17, 15) is 4.79 Å². The SMILES string of the molecule is CCOc1ccc(/C=C2/SC(=S)N(CC)C2=O)cc1OC. The summed E-state index contributed by atoms with van der Waals surface area (Å²) in [6, 6.07) is 5.59. The average molecular weight is 323 g/mol. The number of hydrogen-bond acceptors (Lipinski definition) is 5. The third kappa shape index (κ3) is 3.39. The highest BCUT2D eigenvalue weighted by Crippen LogP contribution is 2.34. The van der Waals surface area contributed by atoms with Gasteiger partial charge in [-0.15, -0.1) is 0 Å². The van der Waals surface area contributed by atoms with E-state index in [1.54, 1.807) is 12.0 Å². The van der Waals surface area contributed by atoms with Crippen LogP contribution < -0.4 is 9.47 Å². The van der Waals surface area contributed by atoms with Crippen molar-refractivity contribution in [2.24, 2.45) is 0 Å². The number of carbonyl (C=O) groups is 1. The number of ether oxygens (including phenoxy) is 2. The maximum Gasteiger partial charge on any atom is 0.266 e. The van der Waals surface area contributed by atoms with Crippen LogP contribution in [0.2, 0.25) is 0 Å². The van der Waals surface area contributed by atoms with E-state index in [0.29, 0.717) is 33.9 Å². The number of likely N-dealkylation sites (N-methyl/N-ethyl adjacent to an activating group) is 1. The van der Waals surface area contributed by atoms with Crippen molar-refractivity contribution in [1.82, 2.24) is 4.90 Å². The van der Waals surface area contributed by atoms with E-state index in [1.807, 2.05) is 38.1 Å². The van der Waals surface area contributed by atoms with Crippen LogP contribution in [0.5, 0.6) is 11.5 Å². The molecule has 0 aliphatic carbocycles. The van der Waals surface area contributed by atoms with Crippen LogP contribution in [0.3, 0.4) is 0 Å². The predicted molar refractivity (Wildman–Crippen MR) is 89.7 cm³/mol. The Labute approximate surface area is 134 Å². The van der Waals surface area contributed by atoms with Crippen molar-refractivity contribution in [2.75, 3.05) is 20.3 Å². The van der Waals surface area contributed by atoms with E-state index in [2.05, 4.69) is 0 Å². The van der Waals surface area contributed by atoms with Crippen LogP contribution in [0.25, 0.3) is 6.08 Å². The lowest BCUT2D eigenvalue weighted by molar-refractivity contribution is -0.121. The highest BCUT2D eigenvalue weighted by Gasteiger charge is 2.30. The Morgan fingerprint density at radius 3 is 2.67 bits per heavy atom. The summed E-state index contributed by atoms with van der Waals surface area (Å²) in [7, 11) is 1.60. The molecule has 1 aromatic rings. The Hall–Kier alpha value is -1.53. The lowest BCUT2D eigenvalue weighted by atomic mass is 10.2. The smallest absolute Gasteiger partial charge is 0.266 e. The van der Waals surface area contributed by atoms with Crippen LogP contribution >= 0.6 is 24.0 Å². The first-order valence-corrected chi connectivity index (χ1v) is 7.89. The molecule has 0 radical (unpaired) electrons. The van der Waals surface area contributed by atoms with E-state index < -0.39 is 0 Å². The van der Waals surface area contributed by atoms with E-state index in [0.717, 1.165) is 5.56 Å². The van der Waals surface area contributed by atoms with Gasteiger partial charge in [0.15, 0.2) is 11.5 Å². The Balaban J connectivity index is 2.29. The molecule has 112 valence electrons. The van der Waals surface area contributed by atoms with Crippen molar-refractivity contribution in [2.45, 2.75) is 13.8 Å². The maximum absolute atomic E-state index is 12.2. The largest absolute Gasteiger partial charge is 0.493 e. The maximum atomic E-state index is 12.2. The Morgan fingerprint density at radius 1 is 1.33 bits per heavy atom. The molecule has 1 fully saturated rings. The summed E-state index contributed by atoms with van der Waals surface area (Å²) >= 11 is 6.52. The highest BCUT2D eigenvalue weighted by atomic mass is 32.2. The molecule has 1 aliphatic rings. The van der Waals surface area contributed by atoms with E-state index in [-0.39, 0.29) is 5.91 Å². The minimum atomic E-state index is -0.0413. The van der Waals surface area contributed by atoms with Crippen LogP contribution in [-0.2, 0) is 4.79 Å². The summed E-state index contributed by atoms with van der Waals surface area (Å²) in [6.07, 6.45) is 1.83. The van der Waals surface area contributed by atoms with Gasteiger partial charge in [0.25, 0.3) is 5.91 Å². The number of methoxy groups -OCH3 is 1. The first-order valence-electron chi connectivity index (χ1n) is 6.66. The zero-order valence-electron chi connectivity index (χ0n) is 12.2. The molecule has 0 spiro atoms. The standard InChI is InChI=1S/C15H17NO3S2/c1-4-16-14(17)13(21-15(16)20)9-10-6-7-11(19-5-2)12(8-10)18-3/h6-9H,4-5H2,1-3H3/b13-9+. The Morgan fingerprint density at radius 2 is 2.10 bits per heavy atom. The molecule has 0 bridgehead atoms. The molecule has 1 heterocycles. The lowest BCUT2D eigenvalue weighted by Crippen LogP contribution is -2.27. The van der Waals surface area contributed by atoms with Gasteiger partial charge < -0.3 is 9.47 Å². The van der Waals surface area contributed by atoms with Crippen molar-refractivity contribution >= 4 is 40.3 Å². The number of benzene rings is 1. The number of nitrogens with zero attached hydrogens (tertiary/aromatic N) is 1. The molecule has 2 rings (SSSR count). The first-order chi connectivity index (χ1) is 10.1. The summed E-state index contributed by atoms with van der Waals surface area (Å²) in [6.45, 7) is 5.00. The average Bonchev–Trinajstić information content (AvgIpc) is 2.74. The summed E-state index contributed by atoms with van der Waals surface area (Å²) in [5.41, 5.74) is 0.881. The zero-order valence-corrected chi connectivity index (χ0v) is 13.8.